The molecule has 3 heterocycles. The number of hydrogen-bond acceptors (Lipinski definition) is 7. The summed E-state index contributed by atoms with van der Waals surface area (Å²) >= 11 is 2.98. The van der Waals surface area contributed by atoms with Gasteiger partial charge in [-0.2, -0.15) is 5.10 Å². The smallest absolute Gasteiger partial charge is 0.258 e. The van der Waals surface area contributed by atoms with Crippen molar-refractivity contribution in [2.45, 2.75) is 49.7 Å². The first kappa shape index (κ1) is 21.5. The van der Waals surface area contributed by atoms with Gasteiger partial charge in [0.1, 0.15) is 0 Å². The van der Waals surface area contributed by atoms with E-state index < -0.39 is 0 Å². The maximum Gasteiger partial charge on any atom is 0.258 e. The summed E-state index contributed by atoms with van der Waals surface area (Å²) in [7, 11) is 0. The number of aromatic nitrogens is 5. The zero-order valence-electron chi connectivity index (χ0n) is 17.9. The standard InChI is InChI=1S/C22H24N6OS2/c1-13(2)18-10-16(17-11-23-28(14(3)4)19(17)24-18)20(29)25-21-26-27-22(31-21)30-12-15-8-6-5-7-9-15/h5-11,13-14H,12H2,1-4H3,(H,25,26,29). The highest BCUT2D eigenvalue weighted by molar-refractivity contribution is 8.00. The van der Waals surface area contributed by atoms with Crippen LogP contribution >= 0.6 is 23.1 Å². The van der Waals surface area contributed by atoms with Gasteiger partial charge in [0.05, 0.1) is 17.1 Å². The highest BCUT2D eigenvalue weighted by Crippen LogP contribution is 2.29. The molecular weight excluding hydrogens is 428 g/mol. The Balaban J connectivity index is 1.55. The predicted molar refractivity (Wildman–Crippen MR) is 126 cm³/mol. The van der Waals surface area contributed by atoms with Gasteiger partial charge < -0.3 is 0 Å². The number of pyridine rings is 1. The summed E-state index contributed by atoms with van der Waals surface area (Å²) < 4.78 is 2.66. The summed E-state index contributed by atoms with van der Waals surface area (Å²) in [5.74, 6) is 0.767. The summed E-state index contributed by atoms with van der Waals surface area (Å²) in [6.07, 6.45) is 1.71. The average molecular weight is 453 g/mol. The van der Waals surface area contributed by atoms with Crippen LogP contribution in [0.25, 0.3) is 11.0 Å². The maximum absolute atomic E-state index is 13.1. The fourth-order valence-electron chi connectivity index (χ4n) is 3.10. The molecule has 0 bridgehead atoms. The van der Waals surface area contributed by atoms with Crippen molar-refractivity contribution in [3.8, 4) is 0 Å². The van der Waals surface area contributed by atoms with E-state index in [0.29, 0.717) is 10.7 Å². The quantitative estimate of drug-likeness (QED) is 0.293. The Morgan fingerprint density at radius 1 is 1.16 bits per heavy atom. The second-order valence-corrected chi connectivity index (χ2v) is 9.97. The van der Waals surface area contributed by atoms with Crippen LogP contribution in [-0.2, 0) is 5.75 Å². The average Bonchev–Trinajstić information content (AvgIpc) is 3.39. The van der Waals surface area contributed by atoms with Crippen molar-refractivity contribution in [3.05, 3.63) is 59.4 Å². The molecule has 1 amide bonds. The number of hydrogen-bond donors (Lipinski definition) is 1. The maximum atomic E-state index is 13.1. The molecule has 160 valence electrons. The SMILES string of the molecule is CC(C)c1cc(C(=O)Nc2nnc(SCc3ccccc3)s2)c2cnn(C(C)C)c2n1. The number of nitrogens with one attached hydrogen (secondary N) is 1. The van der Waals surface area contributed by atoms with E-state index in [1.54, 1.807) is 18.0 Å². The first-order valence-corrected chi connectivity index (χ1v) is 11.9. The van der Waals surface area contributed by atoms with Gasteiger partial charge in [-0.15, -0.1) is 10.2 Å². The summed E-state index contributed by atoms with van der Waals surface area (Å²) in [5.41, 5.74) is 3.35. The lowest BCUT2D eigenvalue weighted by atomic mass is 10.0. The molecule has 0 aliphatic rings. The van der Waals surface area contributed by atoms with Crippen molar-refractivity contribution in [1.29, 1.82) is 0 Å². The molecule has 0 radical (unpaired) electrons. The third-order valence-corrected chi connectivity index (χ3v) is 6.79. The van der Waals surface area contributed by atoms with Gasteiger partial charge >= 0.3 is 0 Å². The Morgan fingerprint density at radius 2 is 1.94 bits per heavy atom. The van der Waals surface area contributed by atoms with Crippen molar-refractivity contribution in [1.82, 2.24) is 25.0 Å². The Morgan fingerprint density at radius 3 is 2.65 bits per heavy atom. The van der Waals surface area contributed by atoms with Gasteiger partial charge in [-0.1, -0.05) is 67.3 Å². The van der Waals surface area contributed by atoms with E-state index in [1.807, 2.05) is 42.8 Å². The highest BCUT2D eigenvalue weighted by Gasteiger charge is 2.20. The molecule has 0 spiro atoms. The molecule has 3 aromatic heterocycles. The van der Waals surface area contributed by atoms with Crippen molar-refractivity contribution >= 4 is 45.2 Å². The summed E-state index contributed by atoms with van der Waals surface area (Å²) in [6.45, 7) is 8.22. The number of carbonyl (C=O) groups excluding carboxylic acids is 1. The molecule has 4 aromatic rings. The van der Waals surface area contributed by atoms with E-state index in [4.69, 9.17) is 4.98 Å². The molecule has 0 aliphatic heterocycles. The highest BCUT2D eigenvalue weighted by atomic mass is 32.2. The van der Waals surface area contributed by atoms with Gasteiger partial charge in [-0.25, -0.2) is 9.67 Å². The second-order valence-electron chi connectivity index (χ2n) is 7.77. The number of fused-ring (bicyclic) bond motifs is 1. The number of carbonyl (C=O) groups is 1. The number of anilines is 1. The molecule has 7 nitrogen and oxygen atoms in total. The van der Waals surface area contributed by atoms with Crippen LogP contribution in [0.2, 0.25) is 0 Å². The lowest BCUT2D eigenvalue weighted by Crippen LogP contribution is -2.14. The molecule has 0 unspecified atom stereocenters. The third kappa shape index (κ3) is 4.77. The predicted octanol–water partition coefficient (Wildman–Crippen LogP) is 5.53. The molecule has 0 fully saturated rings. The van der Waals surface area contributed by atoms with Crippen LogP contribution in [0.4, 0.5) is 5.13 Å². The number of nitrogens with zero attached hydrogens (tertiary/aromatic N) is 5. The third-order valence-electron chi connectivity index (χ3n) is 4.74. The summed E-state index contributed by atoms with van der Waals surface area (Å²) in [4.78, 5) is 17.9. The van der Waals surface area contributed by atoms with Crippen LogP contribution in [0, 0.1) is 0 Å². The Kier molecular flexibility index (Phi) is 6.33. The molecule has 4 rings (SSSR count). The zero-order chi connectivity index (χ0) is 22.0. The van der Waals surface area contributed by atoms with E-state index in [0.717, 1.165) is 26.8 Å². The van der Waals surface area contributed by atoms with Crippen LogP contribution in [0.1, 0.15) is 61.3 Å². The number of rotatable bonds is 7. The molecule has 0 atom stereocenters. The van der Waals surface area contributed by atoms with Gasteiger partial charge in [-0.3, -0.25) is 10.1 Å². The largest absolute Gasteiger partial charge is 0.296 e. The molecule has 0 aliphatic carbocycles. The van der Waals surface area contributed by atoms with E-state index in [2.05, 4.69) is 46.6 Å². The van der Waals surface area contributed by atoms with Crippen molar-refractivity contribution in [2.75, 3.05) is 5.32 Å². The van der Waals surface area contributed by atoms with E-state index in [9.17, 15) is 4.79 Å². The van der Waals surface area contributed by atoms with Crippen molar-refractivity contribution < 1.29 is 4.79 Å². The van der Waals surface area contributed by atoms with Crippen LogP contribution in [0.5, 0.6) is 0 Å². The molecule has 0 saturated carbocycles. The Labute approximate surface area is 189 Å². The first-order valence-electron chi connectivity index (χ1n) is 10.1. The summed E-state index contributed by atoms with van der Waals surface area (Å²) in [6, 6.07) is 12.2. The van der Waals surface area contributed by atoms with Crippen molar-refractivity contribution in [3.63, 3.8) is 0 Å². The van der Waals surface area contributed by atoms with Crippen molar-refractivity contribution in [2.24, 2.45) is 0 Å². The van der Waals surface area contributed by atoms with Crippen LogP contribution < -0.4 is 5.32 Å². The van der Waals surface area contributed by atoms with E-state index in [-0.39, 0.29) is 17.9 Å². The van der Waals surface area contributed by atoms with E-state index >= 15 is 0 Å². The minimum absolute atomic E-state index is 0.149. The molecule has 1 aromatic carbocycles. The van der Waals surface area contributed by atoms with Gasteiger partial charge in [-0.05, 0) is 31.4 Å². The molecule has 0 saturated heterocycles. The minimum atomic E-state index is -0.228. The van der Waals surface area contributed by atoms with Gasteiger partial charge in [0, 0.05) is 17.5 Å². The topological polar surface area (TPSA) is 85.6 Å². The van der Waals surface area contributed by atoms with Gasteiger partial charge in [0.25, 0.3) is 5.91 Å². The van der Waals surface area contributed by atoms with Gasteiger partial charge in [0.2, 0.25) is 5.13 Å². The number of benzene rings is 1. The van der Waals surface area contributed by atoms with Crippen LogP contribution in [0.15, 0.2) is 46.9 Å². The Hall–Kier alpha value is -2.78. The minimum Gasteiger partial charge on any atom is -0.296 e. The fourth-order valence-corrected chi connectivity index (χ4v) is 4.80. The number of amides is 1. The van der Waals surface area contributed by atoms with Crippen LogP contribution in [-0.4, -0.2) is 30.9 Å². The normalized spacial score (nSPS) is 11.5. The van der Waals surface area contributed by atoms with Crippen LogP contribution in [0.3, 0.4) is 0 Å². The second kappa shape index (κ2) is 9.15. The molecule has 1 N–H and O–H groups in total. The monoisotopic (exact) mass is 452 g/mol. The Bertz CT molecular complexity index is 1200. The fraction of sp³-hybridized carbons (Fsp3) is 0.318. The lowest BCUT2D eigenvalue weighted by Gasteiger charge is -2.11. The lowest BCUT2D eigenvalue weighted by molar-refractivity contribution is 0.102. The first-order chi connectivity index (χ1) is 14.9. The zero-order valence-corrected chi connectivity index (χ0v) is 19.5. The number of thioether (sulfide) groups is 1. The van der Waals surface area contributed by atoms with E-state index in [1.165, 1.54) is 16.9 Å². The molecular formula is C22H24N6OS2. The summed E-state index contributed by atoms with van der Waals surface area (Å²) in [5, 5.41) is 16.9. The molecule has 9 heteroatoms. The molecule has 31 heavy (non-hydrogen) atoms. The van der Waals surface area contributed by atoms with Gasteiger partial charge in [0.15, 0.2) is 9.99 Å².